The van der Waals surface area contributed by atoms with Crippen molar-refractivity contribution in [3.63, 3.8) is 0 Å². The molecule has 0 atom stereocenters. The van der Waals surface area contributed by atoms with Crippen LogP contribution >= 0.6 is 0 Å². The largest absolute Gasteiger partial charge is 0.0776 e. The van der Waals surface area contributed by atoms with E-state index in [1.807, 2.05) is 0 Å². The van der Waals surface area contributed by atoms with E-state index in [2.05, 4.69) is 111 Å². The molecule has 0 aliphatic rings. The molecule has 0 aromatic heterocycles. The Morgan fingerprint density at radius 3 is 0.750 bits per heavy atom. The van der Waals surface area contributed by atoms with Gasteiger partial charge in [0, 0.05) is 0 Å². The van der Waals surface area contributed by atoms with Crippen LogP contribution in [0.2, 0.25) is 0 Å². The second-order valence-corrected chi connectivity index (χ2v) is 6.63. The molecule has 0 saturated carbocycles. The fourth-order valence-corrected chi connectivity index (χ4v) is 1.59. The molecule has 0 heteroatoms. The Kier molecular flexibility index (Phi) is 85.5. The quantitative estimate of drug-likeness (QED) is 0.400. The summed E-state index contributed by atoms with van der Waals surface area (Å²) >= 11 is 0. The van der Waals surface area contributed by atoms with Crippen LogP contribution in [0, 0.1) is 20.8 Å². The fraction of sp³-hybridized carbons (Fsp3) is 0.625. The molecule has 0 nitrogen and oxygen atoms in total. The molecule has 0 amide bonds. The molecule has 0 unspecified atom stereocenters. The summed E-state index contributed by atoms with van der Waals surface area (Å²) in [6.45, 7) is 19.2. The molecule has 0 fully saturated rings. The maximum absolute atomic E-state index is 2.21. The minimum absolute atomic E-state index is 0. The van der Waals surface area contributed by atoms with Crippen molar-refractivity contribution in [1.29, 1.82) is 0 Å². The van der Waals surface area contributed by atoms with Crippen LogP contribution in [0.1, 0.15) is 142 Å². The summed E-state index contributed by atoms with van der Waals surface area (Å²) in [6.07, 6.45) is 2.50. The highest BCUT2D eigenvalue weighted by molar-refractivity contribution is 5.23. The Bertz CT molecular complexity index is 451. The molecular weight excluding hydrogens is 384 g/mol. The smallest absolute Gasteiger partial charge is 0.0219 e. The Morgan fingerprint density at radius 1 is 0.438 bits per heavy atom. The molecular formula is C32H72. The van der Waals surface area contributed by atoms with E-state index in [4.69, 9.17) is 0 Å². The van der Waals surface area contributed by atoms with Gasteiger partial charge in [0.15, 0.2) is 0 Å². The highest BCUT2D eigenvalue weighted by Crippen LogP contribution is 2.13. The molecule has 2 aromatic rings. The van der Waals surface area contributed by atoms with Crippen LogP contribution in [0.3, 0.4) is 0 Å². The van der Waals surface area contributed by atoms with Gasteiger partial charge in [-0.3, -0.25) is 0 Å². The molecule has 32 heavy (non-hydrogen) atoms. The van der Waals surface area contributed by atoms with Crippen molar-refractivity contribution in [1.82, 2.24) is 0 Å². The summed E-state index contributed by atoms with van der Waals surface area (Å²) in [5.41, 5.74) is 5.42. The van der Waals surface area contributed by atoms with Crippen LogP contribution in [-0.4, -0.2) is 0 Å². The first kappa shape index (κ1) is 63.1. The molecule has 0 spiro atoms. The van der Waals surface area contributed by atoms with Crippen molar-refractivity contribution < 1.29 is 0 Å². The topological polar surface area (TPSA) is 0 Å². The van der Waals surface area contributed by atoms with E-state index in [1.54, 1.807) is 0 Å². The first-order valence-corrected chi connectivity index (χ1v) is 9.41. The standard InChI is InChI=1S/C10H14.C8H10.2C3H8.8CH4/c1-8(2)10-6-4-9(3)5-7-10;1-7-3-5-8(2)6-4-7;2*1-3-2;;;;;;;;/h4-8H,1-3H3;3-6H,1-2H3;2*3H2,1-2H3;8*1H4. The van der Waals surface area contributed by atoms with Crippen LogP contribution in [0.15, 0.2) is 48.5 Å². The lowest BCUT2D eigenvalue weighted by Gasteiger charge is -2.03. The zero-order chi connectivity index (χ0) is 19.0. The summed E-state index contributed by atoms with van der Waals surface area (Å²) in [5, 5.41) is 0. The molecule has 0 saturated heterocycles. The maximum atomic E-state index is 2.21. The average molecular weight is 457 g/mol. The van der Waals surface area contributed by atoms with Crippen LogP contribution in [0.4, 0.5) is 0 Å². The van der Waals surface area contributed by atoms with Crippen molar-refractivity contribution in [3.8, 4) is 0 Å². The number of benzene rings is 2. The molecule has 0 heterocycles. The fourth-order valence-electron chi connectivity index (χ4n) is 1.59. The van der Waals surface area contributed by atoms with Gasteiger partial charge in [-0.1, -0.05) is 179 Å². The molecule has 0 aliphatic heterocycles. The van der Waals surface area contributed by atoms with Crippen molar-refractivity contribution >= 4 is 0 Å². The average Bonchev–Trinajstić information content (AvgIpc) is 2.53. The minimum Gasteiger partial charge on any atom is -0.0776 e. The van der Waals surface area contributed by atoms with Gasteiger partial charge in [-0.2, -0.15) is 0 Å². The van der Waals surface area contributed by atoms with E-state index in [0.29, 0.717) is 5.92 Å². The second-order valence-electron chi connectivity index (χ2n) is 6.63. The predicted octanol–water partition coefficient (Wildman–Crippen LogP) is 13.3. The van der Waals surface area contributed by atoms with E-state index in [0.717, 1.165) is 0 Å². The predicted molar refractivity (Wildman–Crippen MR) is 167 cm³/mol. The van der Waals surface area contributed by atoms with Gasteiger partial charge in [-0.05, 0) is 32.3 Å². The van der Waals surface area contributed by atoms with E-state index in [9.17, 15) is 0 Å². The molecule has 0 bridgehead atoms. The third-order valence-electron chi connectivity index (χ3n) is 2.96. The molecule has 200 valence electrons. The van der Waals surface area contributed by atoms with Gasteiger partial charge in [0.05, 0.1) is 0 Å². The van der Waals surface area contributed by atoms with Crippen LogP contribution in [0.25, 0.3) is 0 Å². The number of aryl methyl sites for hydroxylation is 3. The van der Waals surface area contributed by atoms with Gasteiger partial charge in [0.2, 0.25) is 0 Å². The van der Waals surface area contributed by atoms with Gasteiger partial charge in [-0.15, -0.1) is 0 Å². The lowest BCUT2D eigenvalue weighted by molar-refractivity contribution is 0.866. The Hall–Kier alpha value is -1.56. The van der Waals surface area contributed by atoms with E-state index in [1.165, 1.54) is 35.1 Å². The normalized spacial score (nSPS) is 6.69. The minimum atomic E-state index is 0. The molecule has 2 aromatic carbocycles. The van der Waals surface area contributed by atoms with Gasteiger partial charge in [-0.25, -0.2) is 0 Å². The highest BCUT2D eigenvalue weighted by Gasteiger charge is 1.95. The van der Waals surface area contributed by atoms with Gasteiger partial charge < -0.3 is 0 Å². The van der Waals surface area contributed by atoms with Gasteiger partial charge in [0.25, 0.3) is 0 Å². The zero-order valence-corrected chi connectivity index (χ0v) is 17.6. The number of hydrogen-bond donors (Lipinski definition) is 0. The lowest BCUT2D eigenvalue weighted by Crippen LogP contribution is -1.85. The summed E-state index contributed by atoms with van der Waals surface area (Å²) in [6, 6.07) is 17.2. The van der Waals surface area contributed by atoms with Gasteiger partial charge in [0.1, 0.15) is 0 Å². The summed E-state index contributed by atoms with van der Waals surface area (Å²) < 4.78 is 0. The SMILES string of the molecule is C.C.C.C.C.C.C.C.CCC.CCC.Cc1ccc(C(C)C)cc1.Cc1ccc(C)cc1. The van der Waals surface area contributed by atoms with E-state index >= 15 is 0 Å². The van der Waals surface area contributed by atoms with Crippen molar-refractivity contribution in [3.05, 3.63) is 70.8 Å². The molecule has 0 aliphatic carbocycles. The van der Waals surface area contributed by atoms with E-state index in [-0.39, 0.29) is 59.4 Å². The highest BCUT2D eigenvalue weighted by atomic mass is 14.0. The Labute approximate surface area is 211 Å². The first-order chi connectivity index (χ1) is 11.3. The number of rotatable bonds is 1. The van der Waals surface area contributed by atoms with Crippen LogP contribution in [-0.2, 0) is 0 Å². The van der Waals surface area contributed by atoms with Crippen molar-refractivity contribution in [2.45, 2.75) is 140 Å². The van der Waals surface area contributed by atoms with Crippen LogP contribution in [0.5, 0.6) is 0 Å². The summed E-state index contributed by atoms with van der Waals surface area (Å²) in [7, 11) is 0. The van der Waals surface area contributed by atoms with Crippen LogP contribution < -0.4 is 0 Å². The number of hydrogen-bond acceptors (Lipinski definition) is 0. The van der Waals surface area contributed by atoms with Crippen molar-refractivity contribution in [2.75, 3.05) is 0 Å². The zero-order valence-electron chi connectivity index (χ0n) is 17.6. The van der Waals surface area contributed by atoms with Crippen molar-refractivity contribution in [2.24, 2.45) is 0 Å². The third-order valence-corrected chi connectivity index (χ3v) is 2.96. The summed E-state index contributed by atoms with van der Waals surface area (Å²) in [5.74, 6) is 0.653. The molecule has 2 rings (SSSR count). The van der Waals surface area contributed by atoms with Gasteiger partial charge >= 0.3 is 0 Å². The molecule has 0 N–H and O–H groups in total. The monoisotopic (exact) mass is 457 g/mol. The van der Waals surface area contributed by atoms with E-state index < -0.39 is 0 Å². The third kappa shape index (κ3) is 42.5. The second kappa shape index (κ2) is 43.3. The Morgan fingerprint density at radius 2 is 0.594 bits per heavy atom. The lowest BCUT2D eigenvalue weighted by atomic mass is 10.0. The Balaban J connectivity index is -0.0000000255. The first-order valence-electron chi connectivity index (χ1n) is 9.41. The maximum Gasteiger partial charge on any atom is -0.0219 e. The summed E-state index contributed by atoms with van der Waals surface area (Å²) in [4.78, 5) is 0. The molecule has 0 radical (unpaired) electrons.